The molecule has 0 unspecified atom stereocenters. The van der Waals surface area contributed by atoms with Crippen LogP contribution < -0.4 is 11.1 Å². The minimum absolute atomic E-state index is 0.355. The van der Waals surface area contributed by atoms with Crippen molar-refractivity contribution in [2.75, 3.05) is 11.9 Å². The molecule has 0 fully saturated rings. The summed E-state index contributed by atoms with van der Waals surface area (Å²) in [6.07, 6.45) is 2.63. The lowest BCUT2D eigenvalue weighted by Gasteiger charge is -2.18. The number of hydrogen-bond acceptors (Lipinski definition) is 7. The van der Waals surface area contributed by atoms with Crippen LogP contribution in [0.4, 0.5) is 5.00 Å². The first kappa shape index (κ1) is 19.5. The number of fused-ring (bicyclic) bond motifs is 2. The van der Waals surface area contributed by atoms with E-state index in [-0.39, 0.29) is 0 Å². The Morgan fingerprint density at radius 2 is 2.17 bits per heavy atom. The molecule has 0 saturated heterocycles. The van der Waals surface area contributed by atoms with Gasteiger partial charge < -0.3 is 15.8 Å². The lowest BCUT2D eigenvalue weighted by molar-refractivity contribution is -0.119. The van der Waals surface area contributed by atoms with Gasteiger partial charge in [-0.15, -0.1) is 22.7 Å². The van der Waals surface area contributed by atoms with Crippen molar-refractivity contribution in [2.24, 2.45) is 11.7 Å². The molecule has 7 nitrogen and oxygen atoms in total. The van der Waals surface area contributed by atoms with E-state index >= 15 is 0 Å². The van der Waals surface area contributed by atoms with Gasteiger partial charge in [0.2, 0.25) is 0 Å². The van der Waals surface area contributed by atoms with Crippen LogP contribution in [-0.2, 0) is 22.4 Å². The second-order valence-corrected chi connectivity index (χ2v) is 9.07. The summed E-state index contributed by atoms with van der Waals surface area (Å²) in [5, 5.41) is 3.12. The molecule has 2 amide bonds. The van der Waals surface area contributed by atoms with Crippen molar-refractivity contribution >= 4 is 55.7 Å². The molecule has 3 aromatic rings. The molecule has 2 heterocycles. The Bertz CT molecular complexity index is 1120. The van der Waals surface area contributed by atoms with E-state index in [1.54, 1.807) is 23.7 Å². The summed E-state index contributed by atoms with van der Waals surface area (Å²) in [6.45, 7) is 1.71. The standard InChI is InChI=1S/C20H19N3O4S2/c1-10-2-4-12-14(6-10)29-19(17(12)18(21)25)23-16(24)8-27-20(26)11-3-5-13-15(7-11)28-9-22-13/h3,5,7,9-10H,2,4,6,8H2,1H3,(H2,21,25)(H,23,24)/t10-/m0/s1. The highest BCUT2D eigenvalue weighted by atomic mass is 32.1. The van der Waals surface area contributed by atoms with Crippen LogP contribution in [0, 0.1) is 5.92 Å². The van der Waals surface area contributed by atoms with Crippen LogP contribution >= 0.6 is 22.7 Å². The van der Waals surface area contributed by atoms with E-state index < -0.39 is 24.4 Å². The molecular weight excluding hydrogens is 410 g/mol. The lowest BCUT2D eigenvalue weighted by Crippen LogP contribution is -2.23. The summed E-state index contributed by atoms with van der Waals surface area (Å²) in [5.41, 5.74) is 9.73. The number of nitrogens with zero attached hydrogens (tertiary/aromatic N) is 1. The quantitative estimate of drug-likeness (QED) is 0.604. The molecule has 3 N–H and O–H groups in total. The van der Waals surface area contributed by atoms with Crippen LogP contribution in [-0.4, -0.2) is 29.4 Å². The fourth-order valence-electron chi connectivity index (χ4n) is 3.46. The number of nitrogens with two attached hydrogens (primary N) is 1. The van der Waals surface area contributed by atoms with Crippen LogP contribution in [0.25, 0.3) is 10.2 Å². The number of carbonyl (C=O) groups is 3. The fraction of sp³-hybridized carbons (Fsp3) is 0.300. The SMILES string of the molecule is C[C@H]1CCc2c(sc(NC(=O)COC(=O)c3ccc4ncsc4c3)c2C(N)=O)C1. The van der Waals surface area contributed by atoms with E-state index in [1.807, 2.05) is 0 Å². The molecule has 0 aliphatic heterocycles. The summed E-state index contributed by atoms with van der Waals surface area (Å²) in [4.78, 5) is 41.8. The van der Waals surface area contributed by atoms with Crippen LogP contribution in [0.3, 0.4) is 0 Å². The number of thiazole rings is 1. The van der Waals surface area contributed by atoms with Crippen LogP contribution in [0.1, 0.15) is 44.5 Å². The van der Waals surface area contributed by atoms with E-state index in [0.29, 0.717) is 22.0 Å². The number of ether oxygens (including phenoxy) is 1. The van der Waals surface area contributed by atoms with Crippen molar-refractivity contribution < 1.29 is 19.1 Å². The monoisotopic (exact) mass is 429 g/mol. The Labute approximate surface area is 174 Å². The number of amides is 2. The van der Waals surface area contributed by atoms with Crippen molar-refractivity contribution in [1.29, 1.82) is 0 Å². The first-order valence-corrected chi connectivity index (χ1v) is 10.9. The minimum Gasteiger partial charge on any atom is -0.452 e. The number of thiophene rings is 1. The van der Waals surface area contributed by atoms with Gasteiger partial charge in [-0.2, -0.15) is 0 Å². The third-order valence-corrected chi connectivity index (χ3v) is 6.87. The number of rotatable bonds is 5. The van der Waals surface area contributed by atoms with Gasteiger partial charge in [0.15, 0.2) is 6.61 Å². The van der Waals surface area contributed by atoms with Crippen LogP contribution in [0.15, 0.2) is 23.7 Å². The number of benzene rings is 1. The summed E-state index contributed by atoms with van der Waals surface area (Å²) >= 11 is 2.80. The molecule has 0 radical (unpaired) electrons. The summed E-state index contributed by atoms with van der Waals surface area (Å²) in [7, 11) is 0. The number of aromatic nitrogens is 1. The molecule has 9 heteroatoms. The molecule has 1 aliphatic rings. The maximum atomic E-state index is 12.3. The number of anilines is 1. The Kier molecular flexibility index (Phi) is 5.33. The molecule has 0 spiro atoms. The van der Waals surface area contributed by atoms with Gasteiger partial charge in [0.05, 0.1) is 26.9 Å². The average Bonchev–Trinajstić information content (AvgIpc) is 3.28. The van der Waals surface area contributed by atoms with E-state index in [9.17, 15) is 14.4 Å². The Hall–Kier alpha value is -2.78. The number of nitrogens with one attached hydrogen (secondary N) is 1. The summed E-state index contributed by atoms with van der Waals surface area (Å²) < 4.78 is 6.00. The zero-order valence-electron chi connectivity index (χ0n) is 15.7. The molecule has 1 aliphatic carbocycles. The van der Waals surface area contributed by atoms with Gasteiger partial charge in [-0.05, 0) is 48.9 Å². The Morgan fingerprint density at radius 3 is 2.97 bits per heavy atom. The van der Waals surface area contributed by atoms with Crippen LogP contribution in [0.2, 0.25) is 0 Å². The van der Waals surface area contributed by atoms with E-state index in [2.05, 4.69) is 17.2 Å². The predicted molar refractivity (Wildman–Crippen MR) is 113 cm³/mol. The second kappa shape index (κ2) is 7.92. The van der Waals surface area contributed by atoms with Gasteiger partial charge in [-0.3, -0.25) is 9.59 Å². The smallest absolute Gasteiger partial charge is 0.338 e. The third kappa shape index (κ3) is 4.01. The molecule has 1 aromatic carbocycles. The predicted octanol–water partition coefficient (Wildman–Crippen LogP) is 3.38. The van der Waals surface area contributed by atoms with Crippen molar-refractivity contribution in [2.45, 2.75) is 26.2 Å². The van der Waals surface area contributed by atoms with Gasteiger partial charge in [0.1, 0.15) is 5.00 Å². The number of carbonyl (C=O) groups excluding carboxylic acids is 3. The van der Waals surface area contributed by atoms with Crippen LogP contribution in [0.5, 0.6) is 0 Å². The molecule has 0 saturated carbocycles. The molecule has 1 atom stereocenters. The largest absolute Gasteiger partial charge is 0.452 e. The van der Waals surface area contributed by atoms with Crippen molar-refractivity contribution in [3.63, 3.8) is 0 Å². The van der Waals surface area contributed by atoms with Crippen molar-refractivity contribution in [3.05, 3.63) is 45.3 Å². The number of hydrogen-bond donors (Lipinski definition) is 2. The second-order valence-electron chi connectivity index (χ2n) is 7.08. The highest BCUT2D eigenvalue weighted by molar-refractivity contribution is 7.17. The Balaban J connectivity index is 1.43. The summed E-state index contributed by atoms with van der Waals surface area (Å²) in [5.74, 6) is -1.12. The van der Waals surface area contributed by atoms with Gasteiger partial charge in [-0.1, -0.05) is 6.92 Å². The number of esters is 1. The molecule has 2 aromatic heterocycles. The van der Waals surface area contributed by atoms with Gasteiger partial charge in [0.25, 0.3) is 11.8 Å². The van der Waals surface area contributed by atoms with Crippen molar-refractivity contribution in [1.82, 2.24) is 4.98 Å². The van der Waals surface area contributed by atoms with E-state index in [0.717, 1.165) is 39.9 Å². The first-order valence-electron chi connectivity index (χ1n) is 9.17. The molecule has 0 bridgehead atoms. The molecular formula is C20H19N3O4S2. The zero-order valence-corrected chi connectivity index (χ0v) is 17.3. The van der Waals surface area contributed by atoms with Crippen molar-refractivity contribution in [3.8, 4) is 0 Å². The number of primary amides is 1. The zero-order chi connectivity index (χ0) is 20.5. The molecule has 29 heavy (non-hydrogen) atoms. The van der Waals surface area contributed by atoms with Gasteiger partial charge in [-0.25, -0.2) is 9.78 Å². The lowest BCUT2D eigenvalue weighted by atomic mass is 9.88. The summed E-state index contributed by atoms with van der Waals surface area (Å²) in [6, 6.07) is 5.04. The molecule has 150 valence electrons. The first-order chi connectivity index (χ1) is 13.9. The maximum absolute atomic E-state index is 12.3. The highest BCUT2D eigenvalue weighted by Crippen LogP contribution is 2.39. The fourth-order valence-corrected chi connectivity index (χ4v) is 5.61. The average molecular weight is 430 g/mol. The van der Waals surface area contributed by atoms with E-state index in [1.165, 1.54) is 22.7 Å². The van der Waals surface area contributed by atoms with E-state index in [4.69, 9.17) is 10.5 Å². The van der Waals surface area contributed by atoms with Gasteiger partial charge in [0, 0.05) is 4.88 Å². The molecule has 4 rings (SSSR count). The topological polar surface area (TPSA) is 111 Å². The van der Waals surface area contributed by atoms with Gasteiger partial charge >= 0.3 is 5.97 Å². The Morgan fingerprint density at radius 1 is 1.34 bits per heavy atom. The maximum Gasteiger partial charge on any atom is 0.338 e. The minimum atomic E-state index is -0.593. The normalized spacial score (nSPS) is 15.7. The highest BCUT2D eigenvalue weighted by Gasteiger charge is 2.27. The third-order valence-electron chi connectivity index (χ3n) is 4.91.